The number of amides is 1. The smallest absolute Gasteiger partial charge is 0.310 e. The molecular formula is C15H21NO4S. The Morgan fingerprint density at radius 3 is 2.38 bits per heavy atom. The van der Waals surface area contributed by atoms with E-state index in [9.17, 15) is 9.59 Å². The maximum atomic E-state index is 12.0. The van der Waals surface area contributed by atoms with Crippen LogP contribution in [-0.2, 0) is 9.59 Å². The molecule has 1 rings (SSSR count). The number of benzene rings is 1. The first kappa shape index (κ1) is 17.4. The third kappa shape index (κ3) is 5.30. The minimum Gasteiger partial charge on any atom is -0.497 e. The summed E-state index contributed by atoms with van der Waals surface area (Å²) in [5, 5.41) is 11.4. The molecule has 6 heteroatoms. The van der Waals surface area contributed by atoms with Crippen molar-refractivity contribution in [2.45, 2.75) is 30.9 Å². The molecule has 1 aromatic carbocycles. The molecule has 1 unspecified atom stereocenters. The summed E-state index contributed by atoms with van der Waals surface area (Å²) in [6, 6.07) is 7.43. The van der Waals surface area contributed by atoms with Crippen LogP contribution in [0.2, 0.25) is 0 Å². The zero-order valence-corrected chi connectivity index (χ0v) is 13.5. The summed E-state index contributed by atoms with van der Waals surface area (Å²) in [4.78, 5) is 23.9. The Bertz CT molecular complexity index is 499. The summed E-state index contributed by atoms with van der Waals surface area (Å²) in [7, 11) is 1.60. The molecule has 0 heterocycles. The van der Waals surface area contributed by atoms with E-state index < -0.39 is 11.4 Å². The normalized spacial score (nSPS) is 12.6. The van der Waals surface area contributed by atoms with E-state index in [1.54, 1.807) is 27.9 Å². The highest BCUT2D eigenvalue weighted by Gasteiger charge is 2.28. The summed E-state index contributed by atoms with van der Waals surface area (Å²) in [5.41, 5.74) is -0.972. The molecule has 0 spiro atoms. The van der Waals surface area contributed by atoms with Crippen LogP contribution in [0.15, 0.2) is 29.2 Å². The van der Waals surface area contributed by atoms with E-state index in [1.807, 2.05) is 24.3 Å². The molecule has 5 nitrogen and oxygen atoms in total. The van der Waals surface area contributed by atoms with E-state index in [0.717, 1.165) is 10.6 Å². The number of hydrogen-bond donors (Lipinski definition) is 2. The van der Waals surface area contributed by atoms with Crippen molar-refractivity contribution in [2.75, 3.05) is 13.7 Å². The number of aliphatic carboxylic acids is 1. The molecule has 0 aliphatic carbocycles. The van der Waals surface area contributed by atoms with Gasteiger partial charge in [0.05, 0.1) is 17.8 Å². The molecule has 1 aromatic rings. The predicted octanol–water partition coefficient (Wildman–Crippen LogP) is 2.40. The van der Waals surface area contributed by atoms with Gasteiger partial charge in [-0.2, -0.15) is 0 Å². The Morgan fingerprint density at radius 1 is 1.33 bits per heavy atom. The van der Waals surface area contributed by atoms with Crippen LogP contribution in [0, 0.1) is 5.41 Å². The van der Waals surface area contributed by atoms with Gasteiger partial charge in [-0.1, -0.05) is 0 Å². The molecule has 1 atom stereocenters. The largest absolute Gasteiger partial charge is 0.497 e. The number of thioether (sulfide) groups is 1. The average molecular weight is 311 g/mol. The molecule has 0 aliphatic rings. The van der Waals surface area contributed by atoms with Gasteiger partial charge in [0.1, 0.15) is 5.75 Å². The van der Waals surface area contributed by atoms with E-state index in [2.05, 4.69) is 5.32 Å². The molecule has 116 valence electrons. The van der Waals surface area contributed by atoms with Gasteiger partial charge in [0.15, 0.2) is 0 Å². The van der Waals surface area contributed by atoms with E-state index in [1.165, 1.54) is 11.8 Å². The number of carboxylic acids is 1. The highest BCUT2D eigenvalue weighted by Crippen LogP contribution is 2.25. The van der Waals surface area contributed by atoms with E-state index >= 15 is 0 Å². The zero-order chi connectivity index (χ0) is 16.0. The Labute approximate surface area is 129 Å². The van der Waals surface area contributed by atoms with Gasteiger partial charge in [0, 0.05) is 11.4 Å². The van der Waals surface area contributed by atoms with Crippen LogP contribution in [0.4, 0.5) is 0 Å². The second-order valence-electron chi connectivity index (χ2n) is 5.34. The molecule has 1 amide bonds. The minimum atomic E-state index is -0.972. The van der Waals surface area contributed by atoms with Crippen LogP contribution in [0.5, 0.6) is 5.75 Å². The van der Waals surface area contributed by atoms with Crippen LogP contribution in [-0.4, -0.2) is 35.9 Å². The fourth-order valence-corrected chi connectivity index (χ4v) is 2.33. The summed E-state index contributed by atoms with van der Waals surface area (Å²) in [6.45, 7) is 5.06. The maximum Gasteiger partial charge on any atom is 0.310 e. The fourth-order valence-electron chi connectivity index (χ4n) is 1.44. The summed E-state index contributed by atoms with van der Waals surface area (Å²) >= 11 is 1.41. The van der Waals surface area contributed by atoms with Crippen molar-refractivity contribution in [3.05, 3.63) is 24.3 Å². The number of carboxylic acid groups (broad SMARTS) is 1. The topological polar surface area (TPSA) is 75.6 Å². The number of ether oxygens (including phenoxy) is 1. The maximum absolute atomic E-state index is 12.0. The number of hydrogen-bond acceptors (Lipinski definition) is 4. The zero-order valence-electron chi connectivity index (χ0n) is 12.7. The van der Waals surface area contributed by atoms with E-state index in [4.69, 9.17) is 9.84 Å². The van der Waals surface area contributed by atoms with Crippen molar-refractivity contribution in [3.63, 3.8) is 0 Å². The average Bonchev–Trinajstić information content (AvgIpc) is 2.45. The number of carbonyl (C=O) groups is 2. The Hall–Kier alpha value is -1.69. The molecule has 0 saturated carbocycles. The van der Waals surface area contributed by atoms with Crippen LogP contribution >= 0.6 is 11.8 Å². The van der Waals surface area contributed by atoms with Gasteiger partial charge in [-0.15, -0.1) is 11.8 Å². The minimum absolute atomic E-state index is 0.106. The highest BCUT2D eigenvalue weighted by atomic mass is 32.2. The van der Waals surface area contributed by atoms with Crippen LogP contribution in [0.1, 0.15) is 20.8 Å². The number of methoxy groups -OCH3 is 1. The first-order chi connectivity index (χ1) is 9.76. The molecule has 0 saturated heterocycles. The van der Waals surface area contributed by atoms with Crippen LogP contribution in [0.25, 0.3) is 0 Å². The van der Waals surface area contributed by atoms with Gasteiger partial charge in [0.25, 0.3) is 0 Å². The number of rotatable bonds is 7. The monoisotopic (exact) mass is 311 g/mol. The van der Waals surface area contributed by atoms with E-state index in [-0.39, 0.29) is 17.7 Å². The molecule has 0 radical (unpaired) electrons. The van der Waals surface area contributed by atoms with Gasteiger partial charge in [-0.05, 0) is 45.0 Å². The molecule has 0 bridgehead atoms. The highest BCUT2D eigenvalue weighted by molar-refractivity contribution is 8.00. The van der Waals surface area contributed by atoms with Crippen molar-refractivity contribution in [3.8, 4) is 5.75 Å². The first-order valence-electron chi connectivity index (χ1n) is 6.58. The number of nitrogens with one attached hydrogen (secondary N) is 1. The summed E-state index contributed by atoms with van der Waals surface area (Å²) < 4.78 is 5.08. The summed E-state index contributed by atoms with van der Waals surface area (Å²) in [6.07, 6.45) is 0. The quantitative estimate of drug-likeness (QED) is 0.756. The molecule has 2 N–H and O–H groups in total. The lowest BCUT2D eigenvalue weighted by atomic mass is 9.94. The first-order valence-corrected chi connectivity index (χ1v) is 7.46. The lowest BCUT2D eigenvalue weighted by Gasteiger charge is -2.21. The molecule has 21 heavy (non-hydrogen) atoms. The van der Waals surface area contributed by atoms with Crippen molar-refractivity contribution >= 4 is 23.6 Å². The fraction of sp³-hybridized carbons (Fsp3) is 0.467. The summed E-state index contributed by atoms with van der Waals surface area (Å²) in [5.74, 6) is -0.344. The third-order valence-electron chi connectivity index (χ3n) is 3.03. The molecule has 0 aliphatic heterocycles. The SMILES string of the molecule is COc1ccc(SC(C)C(=O)NCC(C)(C)C(=O)O)cc1. The van der Waals surface area contributed by atoms with Gasteiger partial charge in [-0.25, -0.2) is 0 Å². The van der Waals surface area contributed by atoms with Crippen LogP contribution < -0.4 is 10.1 Å². The van der Waals surface area contributed by atoms with Gasteiger partial charge < -0.3 is 15.2 Å². The van der Waals surface area contributed by atoms with Gasteiger partial charge >= 0.3 is 5.97 Å². The second-order valence-corrected chi connectivity index (χ2v) is 6.76. The standard InChI is InChI=1S/C15H21NO4S/c1-10(13(17)16-9-15(2,3)14(18)19)21-12-7-5-11(20-4)6-8-12/h5-8,10H,9H2,1-4H3,(H,16,17)(H,18,19). The van der Waals surface area contributed by atoms with Crippen molar-refractivity contribution in [1.29, 1.82) is 0 Å². The predicted molar refractivity (Wildman–Crippen MR) is 82.7 cm³/mol. The molecule has 0 aromatic heterocycles. The van der Waals surface area contributed by atoms with Gasteiger partial charge in [-0.3, -0.25) is 9.59 Å². The molecular weight excluding hydrogens is 290 g/mol. The van der Waals surface area contributed by atoms with Gasteiger partial charge in [0.2, 0.25) is 5.91 Å². The van der Waals surface area contributed by atoms with E-state index in [0.29, 0.717) is 0 Å². The second kappa shape index (κ2) is 7.36. The van der Waals surface area contributed by atoms with Crippen molar-refractivity contribution < 1.29 is 19.4 Å². The number of carbonyl (C=O) groups excluding carboxylic acids is 1. The third-order valence-corrected chi connectivity index (χ3v) is 4.14. The Kier molecular flexibility index (Phi) is 6.08. The van der Waals surface area contributed by atoms with Crippen molar-refractivity contribution in [2.24, 2.45) is 5.41 Å². The molecule has 0 fully saturated rings. The lowest BCUT2D eigenvalue weighted by Crippen LogP contribution is -2.41. The van der Waals surface area contributed by atoms with Crippen molar-refractivity contribution in [1.82, 2.24) is 5.32 Å². The lowest BCUT2D eigenvalue weighted by molar-refractivity contribution is -0.146. The Balaban J connectivity index is 2.52. The van der Waals surface area contributed by atoms with Crippen LogP contribution in [0.3, 0.4) is 0 Å². The Morgan fingerprint density at radius 2 is 1.90 bits per heavy atom.